The standard InChI is InChI=1S/C22H34O4/c1-3-4-5-6-7-10-19-20(22(24)16-21(19)23)14-13-17(25-2)11-12-18-9-8-15-26-18/h6-9,13-15,17,19-24H,3-5,10-12,16H2,1-2H3/b7-6-,14-13+/t17-,19+,20+,21-,22-/m0/s1. The minimum Gasteiger partial charge on any atom is -0.469 e. The van der Waals surface area contributed by atoms with Crippen molar-refractivity contribution in [3.8, 4) is 0 Å². The minimum absolute atomic E-state index is 0.0224. The van der Waals surface area contributed by atoms with Gasteiger partial charge in [-0.2, -0.15) is 0 Å². The third kappa shape index (κ3) is 6.42. The van der Waals surface area contributed by atoms with Crippen molar-refractivity contribution in [3.05, 3.63) is 48.5 Å². The van der Waals surface area contributed by atoms with E-state index in [0.717, 1.165) is 31.4 Å². The Morgan fingerprint density at radius 1 is 1.31 bits per heavy atom. The van der Waals surface area contributed by atoms with Crippen LogP contribution in [0, 0.1) is 11.8 Å². The summed E-state index contributed by atoms with van der Waals surface area (Å²) in [6, 6.07) is 3.86. The van der Waals surface area contributed by atoms with Gasteiger partial charge >= 0.3 is 0 Å². The number of allylic oxidation sites excluding steroid dienone is 2. The van der Waals surface area contributed by atoms with Crippen LogP contribution in [0.2, 0.25) is 0 Å². The van der Waals surface area contributed by atoms with Gasteiger partial charge in [-0.05, 0) is 37.3 Å². The van der Waals surface area contributed by atoms with E-state index in [1.165, 1.54) is 12.8 Å². The average molecular weight is 363 g/mol. The molecule has 0 unspecified atom stereocenters. The summed E-state index contributed by atoms with van der Waals surface area (Å²) in [5.41, 5.74) is 0. The Hall–Kier alpha value is -1.36. The fraction of sp³-hybridized carbons (Fsp3) is 0.636. The molecule has 0 radical (unpaired) electrons. The molecule has 4 nitrogen and oxygen atoms in total. The number of aliphatic hydroxyl groups excluding tert-OH is 2. The highest BCUT2D eigenvalue weighted by atomic mass is 16.5. The molecular weight excluding hydrogens is 328 g/mol. The zero-order chi connectivity index (χ0) is 18.8. The molecule has 5 atom stereocenters. The van der Waals surface area contributed by atoms with Gasteiger partial charge in [0.1, 0.15) is 5.76 Å². The molecule has 1 saturated carbocycles. The van der Waals surface area contributed by atoms with Gasteiger partial charge in [-0.1, -0.05) is 44.1 Å². The van der Waals surface area contributed by atoms with E-state index in [-0.39, 0.29) is 17.9 Å². The third-order valence-electron chi connectivity index (χ3n) is 5.32. The van der Waals surface area contributed by atoms with E-state index in [0.29, 0.717) is 6.42 Å². The van der Waals surface area contributed by atoms with Gasteiger partial charge in [0, 0.05) is 25.9 Å². The maximum atomic E-state index is 10.3. The Balaban J connectivity index is 1.89. The molecule has 1 aromatic rings. The summed E-state index contributed by atoms with van der Waals surface area (Å²) in [5, 5.41) is 20.7. The van der Waals surface area contributed by atoms with Gasteiger partial charge < -0.3 is 19.4 Å². The van der Waals surface area contributed by atoms with E-state index < -0.39 is 12.2 Å². The lowest BCUT2D eigenvalue weighted by Gasteiger charge is -2.20. The Kier molecular flexibility index (Phi) is 9.16. The average Bonchev–Trinajstić information content (AvgIpc) is 3.24. The fourth-order valence-electron chi connectivity index (χ4n) is 3.68. The van der Waals surface area contributed by atoms with Crippen molar-refractivity contribution in [3.63, 3.8) is 0 Å². The maximum Gasteiger partial charge on any atom is 0.103 e. The van der Waals surface area contributed by atoms with Crippen LogP contribution >= 0.6 is 0 Å². The first kappa shape index (κ1) is 20.9. The number of ether oxygens (including phenoxy) is 1. The van der Waals surface area contributed by atoms with Crippen molar-refractivity contribution in [1.29, 1.82) is 0 Å². The molecule has 4 heteroatoms. The zero-order valence-electron chi connectivity index (χ0n) is 16.1. The van der Waals surface area contributed by atoms with Crippen LogP contribution in [0.4, 0.5) is 0 Å². The molecule has 1 aliphatic carbocycles. The smallest absolute Gasteiger partial charge is 0.103 e. The second-order valence-corrected chi connectivity index (χ2v) is 7.24. The van der Waals surface area contributed by atoms with Gasteiger partial charge in [0.2, 0.25) is 0 Å². The van der Waals surface area contributed by atoms with Crippen LogP contribution in [0.15, 0.2) is 47.1 Å². The molecule has 0 aromatic carbocycles. The fourth-order valence-corrected chi connectivity index (χ4v) is 3.68. The molecule has 0 saturated heterocycles. The summed E-state index contributed by atoms with van der Waals surface area (Å²) < 4.78 is 10.9. The van der Waals surface area contributed by atoms with Crippen molar-refractivity contribution in [2.45, 2.75) is 70.2 Å². The Labute approximate surface area is 157 Å². The second kappa shape index (κ2) is 11.4. The largest absolute Gasteiger partial charge is 0.469 e. The van der Waals surface area contributed by atoms with E-state index >= 15 is 0 Å². The van der Waals surface area contributed by atoms with Crippen LogP contribution in [0.25, 0.3) is 0 Å². The van der Waals surface area contributed by atoms with E-state index in [9.17, 15) is 10.2 Å². The Bertz CT molecular complexity index is 534. The summed E-state index contributed by atoms with van der Waals surface area (Å²) in [6.07, 6.45) is 15.5. The quantitative estimate of drug-likeness (QED) is 0.456. The first-order valence-electron chi connectivity index (χ1n) is 9.90. The number of unbranched alkanes of at least 4 members (excludes halogenated alkanes) is 2. The van der Waals surface area contributed by atoms with E-state index in [1.54, 1.807) is 13.4 Å². The van der Waals surface area contributed by atoms with Crippen molar-refractivity contribution >= 4 is 0 Å². The first-order valence-corrected chi connectivity index (χ1v) is 9.90. The molecule has 0 spiro atoms. The summed E-state index contributed by atoms with van der Waals surface area (Å²) in [7, 11) is 1.70. The van der Waals surface area contributed by atoms with Crippen LogP contribution in [-0.4, -0.2) is 35.6 Å². The lowest BCUT2D eigenvalue weighted by atomic mass is 9.89. The van der Waals surface area contributed by atoms with E-state index in [2.05, 4.69) is 19.1 Å². The van der Waals surface area contributed by atoms with Crippen LogP contribution in [0.5, 0.6) is 0 Å². The lowest BCUT2D eigenvalue weighted by Crippen LogP contribution is -2.20. The molecular formula is C22H34O4. The van der Waals surface area contributed by atoms with Gasteiger partial charge in [-0.25, -0.2) is 0 Å². The summed E-state index contributed by atoms with van der Waals surface area (Å²) in [4.78, 5) is 0. The molecule has 26 heavy (non-hydrogen) atoms. The van der Waals surface area contributed by atoms with Gasteiger partial charge in [0.05, 0.1) is 24.6 Å². The molecule has 1 heterocycles. The SMILES string of the molecule is CCCC/C=C\C[C@@H]1[C@@H](/C=C/[C@H](CCc2ccco2)OC)[C@@H](O)C[C@@H]1O. The highest BCUT2D eigenvalue weighted by Gasteiger charge is 2.39. The second-order valence-electron chi connectivity index (χ2n) is 7.24. The van der Waals surface area contributed by atoms with E-state index in [4.69, 9.17) is 9.15 Å². The summed E-state index contributed by atoms with van der Waals surface area (Å²) in [6.45, 7) is 2.18. The van der Waals surface area contributed by atoms with Crippen molar-refractivity contribution in [2.24, 2.45) is 11.8 Å². The predicted molar refractivity (Wildman–Crippen MR) is 104 cm³/mol. The number of aliphatic hydroxyl groups is 2. The molecule has 1 fully saturated rings. The van der Waals surface area contributed by atoms with Gasteiger partial charge in [-0.3, -0.25) is 0 Å². The zero-order valence-corrected chi connectivity index (χ0v) is 16.1. The third-order valence-corrected chi connectivity index (χ3v) is 5.32. The van der Waals surface area contributed by atoms with Crippen LogP contribution in [0.1, 0.15) is 51.2 Å². The van der Waals surface area contributed by atoms with Crippen LogP contribution < -0.4 is 0 Å². The predicted octanol–water partition coefficient (Wildman–Crippen LogP) is 4.28. The Morgan fingerprint density at radius 3 is 2.85 bits per heavy atom. The number of aryl methyl sites for hydroxylation is 1. The molecule has 0 aliphatic heterocycles. The van der Waals surface area contributed by atoms with Crippen LogP contribution in [-0.2, 0) is 11.2 Å². The van der Waals surface area contributed by atoms with Gasteiger partial charge in [0.15, 0.2) is 0 Å². The summed E-state index contributed by atoms with van der Waals surface area (Å²) >= 11 is 0. The topological polar surface area (TPSA) is 62.8 Å². The molecule has 2 rings (SSSR count). The monoisotopic (exact) mass is 362 g/mol. The van der Waals surface area contributed by atoms with Crippen molar-refractivity contribution in [1.82, 2.24) is 0 Å². The minimum atomic E-state index is -0.488. The first-order chi connectivity index (χ1) is 12.7. The molecule has 146 valence electrons. The maximum absolute atomic E-state index is 10.3. The normalized spacial score (nSPS) is 27.7. The number of furan rings is 1. The Morgan fingerprint density at radius 2 is 2.15 bits per heavy atom. The number of hydrogen-bond donors (Lipinski definition) is 2. The highest BCUT2D eigenvalue weighted by molar-refractivity contribution is 5.07. The van der Waals surface area contributed by atoms with E-state index in [1.807, 2.05) is 24.3 Å². The lowest BCUT2D eigenvalue weighted by molar-refractivity contribution is 0.120. The summed E-state index contributed by atoms with van der Waals surface area (Å²) in [5.74, 6) is 0.996. The number of rotatable bonds is 11. The highest BCUT2D eigenvalue weighted by Crippen LogP contribution is 2.36. The number of hydrogen-bond acceptors (Lipinski definition) is 4. The number of methoxy groups -OCH3 is 1. The van der Waals surface area contributed by atoms with Crippen LogP contribution in [0.3, 0.4) is 0 Å². The van der Waals surface area contributed by atoms with Gasteiger partial charge in [0.25, 0.3) is 0 Å². The molecule has 2 N–H and O–H groups in total. The van der Waals surface area contributed by atoms with Gasteiger partial charge in [-0.15, -0.1) is 0 Å². The molecule has 1 aromatic heterocycles. The molecule has 0 bridgehead atoms. The van der Waals surface area contributed by atoms with Crippen molar-refractivity contribution < 1.29 is 19.4 Å². The molecule has 0 amide bonds. The molecule has 1 aliphatic rings. The van der Waals surface area contributed by atoms with Crippen molar-refractivity contribution in [2.75, 3.05) is 7.11 Å².